The second kappa shape index (κ2) is 4.58. The van der Waals surface area contributed by atoms with Crippen LogP contribution in [0, 0.1) is 0 Å². The number of aliphatic hydroxyl groups is 1. The molecule has 1 atom stereocenters. The molecule has 0 unspecified atom stereocenters. The van der Waals surface area contributed by atoms with Gasteiger partial charge in [0.05, 0.1) is 16.8 Å². The van der Waals surface area contributed by atoms with Crippen LogP contribution in [0.5, 0.6) is 0 Å². The minimum atomic E-state index is 0.110. The first-order valence-corrected chi connectivity index (χ1v) is 4.89. The summed E-state index contributed by atoms with van der Waals surface area (Å²) in [5, 5.41) is 8.98. The molecule has 72 valence electrons. The number of likely N-dealkylation sites (N-methyl/N-ethyl adjacent to an activating group) is 1. The van der Waals surface area contributed by atoms with Crippen LogP contribution in [-0.2, 0) is 0 Å². The SMILES string of the molecule is C[C@H](CO)N(C)c1ccncc1Br. The van der Waals surface area contributed by atoms with Crippen molar-refractivity contribution in [3.8, 4) is 0 Å². The molecule has 0 radical (unpaired) electrons. The summed E-state index contributed by atoms with van der Waals surface area (Å²) in [6.45, 7) is 2.11. The maximum atomic E-state index is 8.98. The molecule has 0 amide bonds. The van der Waals surface area contributed by atoms with Gasteiger partial charge < -0.3 is 10.0 Å². The molecule has 1 rings (SSSR count). The number of anilines is 1. The van der Waals surface area contributed by atoms with Crippen molar-refractivity contribution in [3.05, 3.63) is 22.9 Å². The van der Waals surface area contributed by atoms with E-state index in [0.29, 0.717) is 0 Å². The molecule has 13 heavy (non-hydrogen) atoms. The predicted octanol–water partition coefficient (Wildman–Crippen LogP) is 1.66. The summed E-state index contributed by atoms with van der Waals surface area (Å²) in [4.78, 5) is 5.98. The largest absolute Gasteiger partial charge is 0.394 e. The summed E-state index contributed by atoms with van der Waals surface area (Å²) in [5.74, 6) is 0. The average Bonchev–Trinajstić information content (AvgIpc) is 2.16. The van der Waals surface area contributed by atoms with Crippen molar-refractivity contribution in [1.82, 2.24) is 4.98 Å². The van der Waals surface area contributed by atoms with Gasteiger partial charge in [-0.15, -0.1) is 0 Å². The predicted molar refractivity (Wildman–Crippen MR) is 56.9 cm³/mol. The molecule has 0 spiro atoms. The fourth-order valence-corrected chi connectivity index (χ4v) is 1.54. The average molecular weight is 245 g/mol. The van der Waals surface area contributed by atoms with Gasteiger partial charge in [0.25, 0.3) is 0 Å². The molecular weight excluding hydrogens is 232 g/mol. The molecule has 1 aromatic heterocycles. The molecular formula is C9H13BrN2O. The van der Waals surface area contributed by atoms with Crippen LogP contribution < -0.4 is 4.90 Å². The maximum absolute atomic E-state index is 8.98. The van der Waals surface area contributed by atoms with E-state index in [1.165, 1.54) is 0 Å². The highest BCUT2D eigenvalue weighted by Gasteiger charge is 2.10. The number of aromatic nitrogens is 1. The lowest BCUT2D eigenvalue weighted by molar-refractivity contribution is 0.270. The Kier molecular flexibility index (Phi) is 3.69. The maximum Gasteiger partial charge on any atom is 0.0632 e. The van der Waals surface area contributed by atoms with E-state index in [2.05, 4.69) is 20.9 Å². The van der Waals surface area contributed by atoms with Crippen LogP contribution in [0.3, 0.4) is 0 Å². The van der Waals surface area contributed by atoms with Crippen molar-refractivity contribution in [2.45, 2.75) is 13.0 Å². The van der Waals surface area contributed by atoms with E-state index in [1.807, 2.05) is 24.9 Å². The normalized spacial score (nSPS) is 12.6. The van der Waals surface area contributed by atoms with Gasteiger partial charge in [0.1, 0.15) is 0 Å². The van der Waals surface area contributed by atoms with Crippen molar-refractivity contribution in [2.24, 2.45) is 0 Å². The first-order valence-electron chi connectivity index (χ1n) is 4.10. The Hall–Kier alpha value is -0.610. The standard InChI is InChI=1S/C9H13BrN2O/c1-7(6-13)12(2)9-3-4-11-5-8(9)10/h3-5,7,13H,6H2,1-2H3/t7-/m1/s1. The van der Waals surface area contributed by atoms with E-state index in [-0.39, 0.29) is 12.6 Å². The quantitative estimate of drug-likeness (QED) is 0.879. The van der Waals surface area contributed by atoms with E-state index in [1.54, 1.807) is 12.4 Å². The Bertz CT molecular complexity index is 280. The van der Waals surface area contributed by atoms with E-state index >= 15 is 0 Å². The number of hydrogen-bond donors (Lipinski definition) is 1. The number of hydrogen-bond acceptors (Lipinski definition) is 3. The highest BCUT2D eigenvalue weighted by atomic mass is 79.9. The second-order valence-electron chi connectivity index (χ2n) is 2.97. The molecule has 0 fully saturated rings. The molecule has 4 heteroatoms. The number of aliphatic hydroxyl groups excluding tert-OH is 1. The van der Waals surface area contributed by atoms with Gasteiger partial charge in [-0.2, -0.15) is 0 Å². The minimum absolute atomic E-state index is 0.110. The Morgan fingerprint density at radius 2 is 2.38 bits per heavy atom. The summed E-state index contributed by atoms with van der Waals surface area (Å²) in [6.07, 6.45) is 3.48. The van der Waals surface area contributed by atoms with E-state index in [4.69, 9.17) is 5.11 Å². The third-order valence-corrected chi connectivity index (χ3v) is 2.67. The van der Waals surface area contributed by atoms with Gasteiger partial charge in [0.15, 0.2) is 0 Å². The first-order chi connectivity index (χ1) is 6.16. The lowest BCUT2D eigenvalue weighted by Crippen LogP contribution is -2.31. The zero-order valence-corrected chi connectivity index (χ0v) is 9.32. The Balaban J connectivity index is 2.88. The summed E-state index contributed by atoms with van der Waals surface area (Å²) < 4.78 is 0.942. The molecule has 0 aliphatic rings. The van der Waals surface area contributed by atoms with Crippen LogP contribution in [0.2, 0.25) is 0 Å². The second-order valence-corrected chi connectivity index (χ2v) is 3.82. The first kappa shape index (κ1) is 10.5. The summed E-state index contributed by atoms with van der Waals surface area (Å²) in [6, 6.07) is 2.02. The Labute approximate surface area is 86.5 Å². The van der Waals surface area contributed by atoms with Crippen molar-refractivity contribution >= 4 is 21.6 Å². The molecule has 0 aliphatic carbocycles. The fourth-order valence-electron chi connectivity index (χ4n) is 1.01. The Morgan fingerprint density at radius 3 is 2.92 bits per heavy atom. The monoisotopic (exact) mass is 244 g/mol. The summed E-state index contributed by atoms with van der Waals surface area (Å²) in [5.41, 5.74) is 1.04. The van der Waals surface area contributed by atoms with Crippen LogP contribution in [0.15, 0.2) is 22.9 Å². The molecule has 0 saturated heterocycles. The summed E-state index contributed by atoms with van der Waals surface area (Å²) in [7, 11) is 1.95. The van der Waals surface area contributed by atoms with Gasteiger partial charge >= 0.3 is 0 Å². The fraction of sp³-hybridized carbons (Fsp3) is 0.444. The third-order valence-electron chi connectivity index (χ3n) is 2.06. The van der Waals surface area contributed by atoms with E-state index in [0.717, 1.165) is 10.2 Å². The molecule has 1 heterocycles. The van der Waals surface area contributed by atoms with Crippen LogP contribution >= 0.6 is 15.9 Å². The van der Waals surface area contributed by atoms with Gasteiger partial charge in [0.2, 0.25) is 0 Å². The molecule has 3 nitrogen and oxygen atoms in total. The lowest BCUT2D eigenvalue weighted by Gasteiger charge is -2.26. The van der Waals surface area contributed by atoms with Gasteiger partial charge in [-0.05, 0) is 28.9 Å². The van der Waals surface area contributed by atoms with Crippen molar-refractivity contribution in [3.63, 3.8) is 0 Å². The number of pyridine rings is 1. The van der Waals surface area contributed by atoms with Crippen LogP contribution in [0.1, 0.15) is 6.92 Å². The van der Waals surface area contributed by atoms with Gasteiger partial charge in [-0.3, -0.25) is 4.98 Å². The molecule has 0 aromatic carbocycles. The molecule has 0 saturated carbocycles. The van der Waals surface area contributed by atoms with Crippen molar-refractivity contribution in [1.29, 1.82) is 0 Å². The van der Waals surface area contributed by atoms with Gasteiger partial charge in [0, 0.05) is 25.5 Å². The van der Waals surface area contributed by atoms with E-state index < -0.39 is 0 Å². The molecule has 1 aromatic rings. The van der Waals surface area contributed by atoms with E-state index in [9.17, 15) is 0 Å². The topological polar surface area (TPSA) is 36.4 Å². The number of halogens is 1. The summed E-state index contributed by atoms with van der Waals surface area (Å²) >= 11 is 3.41. The highest BCUT2D eigenvalue weighted by Crippen LogP contribution is 2.24. The van der Waals surface area contributed by atoms with Crippen LogP contribution in [-0.4, -0.2) is 29.8 Å². The van der Waals surface area contributed by atoms with Crippen molar-refractivity contribution < 1.29 is 5.11 Å². The molecule has 0 bridgehead atoms. The smallest absolute Gasteiger partial charge is 0.0632 e. The number of nitrogens with zero attached hydrogens (tertiary/aromatic N) is 2. The minimum Gasteiger partial charge on any atom is -0.394 e. The highest BCUT2D eigenvalue weighted by molar-refractivity contribution is 9.10. The van der Waals surface area contributed by atoms with Crippen molar-refractivity contribution in [2.75, 3.05) is 18.6 Å². The zero-order chi connectivity index (χ0) is 9.84. The Morgan fingerprint density at radius 1 is 1.69 bits per heavy atom. The van der Waals surface area contributed by atoms with Crippen LogP contribution in [0.4, 0.5) is 5.69 Å². The third kappa shape index (κ3) is 2.42. The lowest BCUT2D eigenvalue weighted by atomic mass is 10.3. The molecule has 0 aliphatic heterocycles. The van der Waals surface area contributed by atoms with Crippen LogP contribution in [0.25, 0.3) is 0 Å². The van der Waals surface area contributed by atoms with Gasteiger partial charge in [-0.1, -0.05) is 0 Å². The van der Waals surface area contributed by atoms with Gasteiger partial charge in [-0.25, -0.2) is 0 Å². The number of rotatable bonds is 3. The molecule has 1 N–H and O–H groups in total. The zero-order valence-electron chi connectivity index (χ0n) is 7.74.